The van der Waals surface area contributed by atoms with Crippen LogP contribution in [0.15, 0.2) is 6.07 Å². The van der Waals surface area contributed by atoms with Crippen molar-refractivity contribution in [2.24, 2.45) is 5.92 Å². The maximum atomic E-state index is 12.0. The summed E-state index contributed by atoms with van der Waals surface area (Å²) in [6, 6.07) is 1.76. The second-order valence-electron chi connectivity index (χ2n) is 4.45. The second-order valence-corrected chi connectivity index (χ2v) is 4.82. The van der Waals surface area contributed by atoms with Crippen LogP contribution in [0, 0.1) is 19.8 Å². The first kappa shape index (κ1) is 14.9. The Morgan fingerprint density at radius 3 is 2.78 bits per heavy atom. The maximum Gasteiger partial charge on any atom is 0.253 e. The molecule has 1 amide bonds. The Morgan fingerprint density at radius 1 is 1.44 bits per heavy atom. The van der Waals surface area contributed by atoms with Gasteiger partial charge in [-0.05, 0) is 32.3 Å². The van der Waals surface area contributed by atoms with Gasteiger partial charge in [0.15, 0.2) is 0 Å². The lowest BCUT2D eigenvalue weighted by Crippen LogP contribution is -2.30. The number of hydrogen-bond donors (Lipinski definition) is 1. The zero-order valence-electron chi connectivity index (χ0n) is 11.2. The van der Waals surface area contributed by atoms with Crippen LogP contribution in [0.1, 0.15) is 41.5 Å². The van der Waals surface area contributed by atoms with Gasteiger partial charge in [-0.2, -0.15) is 10.2 Å². The van der Waals surface area contributed by atoms with E-state index in [1.54, 1.807) is 13.0 Å². The third-order valence-corrected chi connectivity index (χ3v) is 3.21. The van der Waals surface area contributed by atoms with Gasteiger partial charge in [0.25, 0.3) is 5.91 Å². The van der Waals surface area contributed by atoms with Crippen molar-refractivity contribution >= 4 is 17.5 Å². The summed E-state index contributed by atoms with van der Waals surface area (Å²) in [4.78, 5) is 12.0. The number of aromatic nitrogens is 2. The largest absolute Gasteiger partial charge is 0.352 e. The van der Waals surface area contributed by atoms with Crippen LogP contribution in [0.4, 0.5) is 0 Å². The number of carbonyl (C=O) groups is 1. The lowest BCUT2D eigenvalue weighted by atomic mass is 10.0. The molecule has 0 saturated carbocycles. The molecule has 1 rings (SSSR count). The van der Waals surface area contributed by atoms with Gasteiger partial charge in [0.05, 0.1) is 17.0 Å². The monoisotopic (exact) mass is 269 g/mol. The number of amides is 1. The van der Waals surface area contributed by atoms with Gasteiger partial charge in [0.1, 0.15) is 0 Å². The Labute approximate surface area is 113 Å². The fourth-order valence-electron chi connectivity index (χ4n) is 1.72. The van der Waals surface area contributed by atoms with E-state index in [4.69, 9.17) is 11.6 Å². The van der Waals surface area contributed by atoms with Gasteiger partial charge in [-0.1, -0.05) is 13.3 Å². The van der Waals surface area contributed by atoms with Gasteiger partial charge < -0.3 is 5.32 Å². The van der Waals surface area contributed by atoms with Crippen molar-refractivity contribution < 1.29 is 4.79 Å². The van der Waals surface area contributed by atoms with Crippen molar-refractivity contribution in [1.82, 2.24) is 15.5 Å². The van der Waals surface area contributed by atoms with E-state index < -0.39 is 0 Å². The van der Waals surface area contributed by atoms with Crippen LogP contribution >= 0.6 is 11.6 Å². The highest BCUT2D eigenvalue weighted by Crippen LogP contribution is 2.09. The summed E-state index contributed by atoms with van der Waals surface area (Å²) in [5.74, 6) is 0.977. The molecule has 100 valence electrons. The SMILES string of the molecule is CCC(CCCl)CNC(=O)c1cc(C)nnc1C. The van der Waals surface area contributed by atoms with E-state index in [0.29, 0.717) is 29.6 Å². The summed E-state index contributed by atoms with van der Waals surface area (Å²) in [6.45, 7) is 6.37. The molecule has 4 nitrogen and oxygen atoms in total. The molecule has 0 saturated heterocycles. The van der Waals surface area contributed by atoms with Crippen LogP contribution in [-0.2, 0) is 0 Å². The molecular formula is C13H20ClN3O. The molecule has 1 aromatic heterocycles. The topological polar surface area (TPSA) is 54.9 Å². The summed E-state index contributed by atoms with van der Waals surface area (Å²) in [7, 11) is 0. The maximum absolute atomic E-state index is 12.0. The number of alkyl halides is 1. The average Bonchev–Trinajstić information content (AvgIpc) is 2.37. The van der Waals surface area contributed by atoms with Crippen molar-refractivity contribution in [3.63, 3.8) is 0 Å². The standard InChI is InChI=1S/C13H20ClN3O/c1-4-11(5-6-14)8-15-13(18)12-7-9(2)16-17-10(12)3/h7,11H,4-6,8H2,1-3H3,(H,15,18). The molecule has 1 atom stereocenters. The molecule has 1 aromatic rings. The average molecular weight is 270 g/mol. The molecule has 0 aromatic carbocycles. The Bertz CT molecular complexity index is 409. The molecule has 0 aliphatic heterocycles. The highest BCUT2D eigenvalue weighted by atomic mass is 35.5. The number of nitrogens with one attached hydrogen (secondary N) is 1. The van der Waals surface area contributed by atoms with E-state index >= 15 is 0 Å². The predicted octanol–water partition coefficient (Wildman–Crippen LogP) is 2.48. The van der Waals surface area contributed by atoms with Crippen LogP contribution in [0.5, 0.6) is 0 Å². The molecule has 0 fully saturated rings. The van der Waals surface area contributed by atoms with Crippen LogP contribution < -0.4 is 5.32 Å². The van der Waals surface area contributed by atoms with Crippen LogP contribution in [-0.4, -0.2) is 28.5 Å². The van der Waals surface area contributed by atoms with Gasteiger partial charge in [0.2, 0.25) is 0 Å². The highest BCUT2D eigenvalue weighted by Gasteiger charge is 2.13. The minimum Gasteiger partial charge on any atom is -0.352 e. The van der Waals surface area contributed by atoms with E-state index in [0.717, 1.165) is 18.5 Å². The van der Waals surface area contributed by atoms with Crippen molar-refractivity contribution in [3.05, 3.63) is 23.0 Å². The fourth-order valence-corrected chi connectivity index (χ4v) is 2.03. The first-order chi connectivity index (χ1) is 8.58. The van der Waals surface area contributed by atoms with Gasteiger partial charge in [-0.25, -0.2) is 0 Å². The molecule has 1 unspecified atom stereocenters. The third kappa shape index (κ3) is 4.26. The van der Waals surface area contributed by atoms with E-state index in [1.165, 1.54) is 0 Å². The van der Waals surface area contributed by atoms with E-state index in [9.17, 15) is 4.79 Å². The Kier molecular flexibility index (Phi) is 6.05. The van der Waals surface area contributed by atoms with Crippen molar-refractivity contribution in [2.45, 2.75) is 33.6 Å². The smallest absolute Gasteiger partial charge is 0.253 e. The van der Waals surface area contributed by atoms with E-state index in [-0.39, 0.29) is 5.91 Å². The highest BCUT2D eigenvalue weighted by molar-refractivity contribution is 6.17. The fraction of sp³-hybridized carbons (Fsp3) is 0.615. The molecule has 0 aliphatic carbocycles. The molecule has 0 bridgehead atoms. The normalized spacial score (nSPS) is 12.2. The van der Waals surface area contributed by atoms with Crippen LogP contribution in [0.3, 0.4) is 0 Å². The zero-order valence-corrected chi connectivity index (χ0v) is 11.9. The Balaban J connectivity index is 2.62. The molecule has 0 aliphatic rings. The Hall–Kier alpha value is -1.16. The van der Waals surface area contributed by atoms with Gasteiger partial charge >= 0.3 is 0 Å². The summed E-state index contributed by atoms with van der Waals surface area (Å²) in [6.07, 6.45) is 1.94. The number of rotatable bonds is 6. The molecular weight excluding hydrogens is 250 g/mol. The molecule has 1 N–H and O–H groups in total. The van der Waals surface area contributed by atoms with Gasteiger partial charge in [0, 0.05) is 12.4 Å². The predicted molar refractivity (Wildman–Crippen MR) is 73.0 cm³/mol. The lowest BCUT2D eigenvalue weighted by molar-refractivity contribution is 0.0945. The van der Waals surface area contributed by atoms with Gasteiger partial charge in [-0.3, -0.25) is 4.79 Å². The minimum atomic E-state index is -0.0847. The molecule has 1 heterocycles. The third-order valence-electron chi connectivity index (χ3n) is 2.99. The molecule has 5 heteroatoms. The van der Waals surface area contributed by atoms with Crippen molar-refractivity contribution in [1.29, 1.82) is 0 Å². The summed E-state index contributed by atoms with van der Waals surface area (Å²) in [5.41, 5.74) is 2.00. The molecule has 18 heavy (non-hydrogen) atoms. The van der Waals surface area contributed by atoms with E-state index in [2.05, 4.69) is 22.4 Å². The summed E-state index contributed by atoms with van der Waals surface area (Å²) >= 11 is 5.72. The van der Waals surface area contributed by atoms with Crippen molar-refractivity contribution in [2.75, 3.05) is 12.4 Å². The van der Waals surface area contributed by atoms with Gasteiger partial charge in [-0.15, -0.1) is 11.6 Å². The summed E-state index contributed by atoms with van der Waals surface area (Å²) < 4.78 is 0. The zero-order chi connectivity index (χ0) is 13.5. The second kappa shape index (κ2) is 7.31. The number of carbonyl (C=O) groups excluding carboxylic acids is 1. The molecule has 0 radical (unpaired) electrons. The first-order valence-corrected chi connectivity index (χ1v) is 6.77. The molecule has 0 spiro atoms. The van der Waals surface area contributed by atoms with Crippen molar-refractivity contribution in [3.8, 4) is 0 Å². The number of halogens is 1. The number of hydrogen-bond acceptors (Lipinski definition) is 3. The lowest BCUT2D eigenvalue weighted by Gasteiger charge is -2.14. The number of aryl methyl sites for hydroxylation is 2. The van der Waals surface area contributed by atoms with Crippen LogP contribution in [0.25, 0.3) is 0 Å². The Morgan fingerprint density at radius 2 is 2.17 bits per heavy atom. The first-order valence-electron chi connectivity index (χ1n) is 6.23. The number of nitrogens with zero attached hydrogens (tertiary/aromatic N) is 2. The van der Waals surface area contributed by atoms with E-state index in [1.807, 2.05) is 6.92 Å². The summed E-state index contributed by atoms with van der Waals surface area (Å²) in [5, 5.41) is 10.8. The quantitative estimate of drug-likeness (QED) is 0.807. The van der Waals surface area contributed by atoms with Crippen LogP contribution in [0.2, 0.25) is 0 Å². The minimum absolute atomic E-state index is 0.0847.